The number of hydrogen-bond donors (Lipinski definition) is 0. The summed E-state index contributed by atoms with van der Waals surface area (Å²) in [5, 5.41) is 16.3. The zero-order chi connectivity index (χ0) is 14.9. The summed E-state index contributed by atoms with van der Waals surface area (Å²) in [6.45, 7) is 2.53. The molecule has 2 fully saturated rings. The van der Waals surface area contributed by atoms with Crippen LogP contribution in [0.4, 0.5) is 0 Å². The van der Waals surface area contributed by atoms with Crippen molar-refractivity contribution in [1.29, 1.82) is 0 Å². The van der Waals surface area contributed by atoms with Crippen LogP contribution in [0.3, 0.4) is 0 Å². The number of carbonyl (C=O) groups excluding carboxylic acids is 1. The van der Waals surface area contributed by atoms with E-state index in [1.807, 2.05) is 15.8 Å². The van der Waals surface area contributed by atoms with Crippen LogP contribution in [-0.2, 0) is 16.1 Å². The molecule has 0 aromatic carbocycles. The third kappa shape index (κ3) is 2.47. The molecular formula is C13H17N7O2. The SMILES string of the molecule is O=C(C1CCCO1)N1CC(n2cc(Cn3nccn3)nn2)C1. The Balaban J connectivity index is 1.33. The molecule has 2 aliphatic rings. The minimum atomic E-state index is -0.238. The summed E-state index contributed by atoms with van der Waals surface area (Å²) in [6, 6.07) is 0.192. The van der Waals surface area contributed by atoms with Gasteiger partial charge in [-0.05, 0) is 12.8 Å². The summed E-state index contributed by atoms with van der Waals surface area (Å²) in [5.74, 6) is 0.106. The van der Waals surface area contributed by atoms with E-state index in [2.05, 4.69) is 20.5 Å². The summed E-state index contributed by atoms with van der Waals surface area (Å²) in [6.07, 6.45) is 6.72. The zero-order valence-electron chi connectivity index (χ0n) is 12.1. The molecule has 1 amide bonds. The molecular weight excluding hydrogens is 286 g/mol. The van der Waals surface area contributed by atoms with E-state index in [-0.39, 0.29) is 18.1 Å². The van der Waals surface area contributed by atoms with E-state index in [9.17, 15) is 4.79 Å². The first-order chi connectivity index (χ1) is 10.8. The maximum Gasteiger partial charge on any atom is 0.251 e. The lowest BCUT2D eigenvalue weighted by Gasteiger charge is -2.39. The lowest BCUT2D eigenvalue weighted by Crippen LogP contribution is -2.53. The van der Waals surface area contributed by atoms with Crippen LogP contribution >= 0.6 is 0 Å². The van der Waals surface area contributed by atoms with E-state index in [1.54, 1.807) is 17.2 Å². The molecule has 0 N–H and O–H groups in total. The average molecular weight is 303 g/mol. The van der Waals surface area contributed by atoms with Crippen molar-refractivity contribution in [1.82, 2.24) is 34.9 Å². The summed E-state index contributed by atoms with van der Waals surface area (Å²) < 4.78 is 7.25. The van der Waals surface area contributed by atoms with Gasteiger partial charge in [0, 0.05) is 19.7 Å². The lowest BCUT2D eigenvalue weighted by molar-refractivity contribution is -0.147. The minimum absolute atomic E-state index is 0.106. The molecule has 0 radical (unpaired) electrons. The molecule has 2 saturated heterocycles. The summed E-state index contributed by atoms with van der Waals surface area (Å²) >= 11 is 0. The Labute approximate surface area is 126 Å². The van der Waals surface area contributed by atoms with Gasteiger partial charge in [0.1, 0.15) is 18.3 Å². The van der Waals surface area contributed by atoms with Crippen LogP contribution in [0.25, 0.3) is 0 Å². The van der Waals surface area contributed by atoms with Crippen molar-refractivity contribution in [2.45, 2.75) is 31.5 Å². The molecule has 2 aliphatic heterocycles. The van der Waals surface area contributed by atoms with E-state index in [1.165, 1.54) is 0 Å². The van der Waals surface area contributed by atoms with E-state index >= 15 is 0 Å². The van der Waals surface area contributed by atoms with Crippen LogP contribution in [0, 0.1) is 0 Å². The molecule has 9 heteroatoms. The van der Waals surface area contributed by atoms with E-state index in [4.69, 9.17) is 4.74 Å². The molecule has 116 valence electrons. The number of likely N-dealkylation sites (tertiary alicyclic amines) is 1. The highest BCUT2D eigenvalue weighted by molar-refractivity contribution is 5.82. The van der Waals surface area contributed by atoms with Crippen LogP contribution < -0.4 is 0 Å². The van der Waals surface area contributed by atoms with Gasteiger partial charge in [0.25, 0.3) is 5.91 Å². The molecule has 4 heterocycles. The molecule has 1 atom stereocenters. The van der Waals surface area contributed by atoms with Crippen LogP contribution in [0.2, 0.25) is 0 Å². The molecule has 0 spiro atoms. The van der Waals surface area contributed by atoms with Crippen LogP contribution in [0.1, 0.15) is 24.6 Å². The highest BCUT2D eigenvalue weighted by Gasteiger charge is 2.37. The molecule has 1 unspecified atom stereocenters. The van der Waals surface area contributed by atoms with Gasteiger partial charge in [0.15, 0.2) is 0 Å². The van der Waals surface area contributed by atoms with Crippen molar-refractivity contribution in [2.75, 3.05) is 19.7 Å². The summed E-state index contributed by atoms with van der Waals surface area (Å²) in [7, 11) is 0. The number of nitrogens with zero attached hydrogens (tertiary/aromatic N) is 7. The monoisotopic (exact) mass is 303 g/mol. The molecule has 2 aromatic heterocycles. The van der Waals surface area contributed by atoms with Gasteiger partial charge >= 0.3 is 0 Å². The fraction of sp³-hybridized carbons (Fsp3) is 0.615. The lowest BCUT2D eigenvalue weighted by atomic mass is 10.1. The van der Waals surface area contributed by atoms with Crippen molar-refractivity contribution in [2.24, 2.45) is 0 Å². The van der Waals surface area contributed by atoms with Crippen molar-refractivity contribution in [3.63, 3.8) is 0 Å². The Morgan fingerprint density at radius 3 is 2.86 bits per heavy atom. The Kier molecular flexibility index (Phi) is 3.34. The second-order valence-corrected chi connectivity index (χ2v) is 5.65. The Morgan fingerprint density at radius 2 is 2.14 bits per heavy atom. The third-order valence-electron chi connectivity index (χ3n) is 4.08. The average Bonchev–Trinajstić information content (AvgIpc) is 3.19. The van der Waals surface area contributed by atoms with Gasteiger partial charge in [-0.3, -0.25) is 4.79 Å². The first-order valence-electron chi connectivity index (χ1n) is 7.45. The summed E-state index contributed by atoms with van der Waals surface area (Å²) in [5.41, 5.74) is 0.806. The third-order valence-corrected chi connectivity index (χ3v) is 4.08. The molecule has 22 heavy (non-hydrogen) atoms. The standard InChI is InChI=1S/C13H17N7O2/c21-13(12-2-1-5-22-12)18-8-11(9-18)19-6-10(16-17-19)7-20-14-3-4-15-20/h3-4,6,11-12H,1-2,5,7-9H2. The van der Waals surface area contributed by atoms with Crippen LogP contribution in [0.5, 0.6) is 0 Å². The van der Waals surface area contributed by atoms with Crippen LogP contribution in [-0.4, -0.2) is 66.6 Å². The maximum absolute atomic E-state index is 12.2. The van der Waals surface area contributed by atoms with Crippen molar-refractivity contribution < 1.29 is 9.53 Å². The van der Waals surface area contributed by atoms with Gasteiger partial charge in [-0.1, -0.05) is 5.21 Å². The van der Waals surface area contributed by atoms with E-state index in [0.717, 1.165) is 18.5 Å². The van der Waals surface area contributed by atoms with Gasteiger partial charge < -0.3 is 9.64 Å². The zero-order valence-corrected chi connectivity index (χ0v) is 12.1. The fourth-order valence-electron chi connectivity index (χ4n) is 2.81. The van der Waals surface area contributed by atoms with Gasteiger partial charge in [0.2, 0.25) is 0 Å². The number of rotatable bonds is 4. The second kappa shape index (κ2) is 5.48. The molecule has 4 rings (SSSR count). The predicted octanol–water partition coefficient (Wildman–Crippen LogP) is -0.520. The molecule has 9 nitrogen and oxygen atoms in total. The largest absolute Gasteiger partial charge is 0.368 e. The maximum atomic E-state index is 12.2. The Morgan fingerprint density at radius 1 is 1.32 bits per heavy atom. The Hall–Kier alpha value is -2.29. The number of aromatic nitrogens is 6. The fourth-order valence-corrected chi connectivity index (χ4v) is 2.81. The topological polar surface area (TPSA) is 91.0 Å². The highest BCUT2D eigenvalue weighted by Crippen LogP contribution is 2.24. The van der Waals surface area contributed by atoms with Crippen molar-refractivity contribution >= 4 is 5.91 Å². The van der Waals surface area contributed by atoms with Crippen molar-refractivity contribution in [3.05, 3.63) is 24.3 Å². The van der Waals surface area contributed by atoms with E-state index < -0.39 is 0 Å². The van der Waals surface area contributed by atoms with Crippen molar-refractivity contribution in [3.8, 4) is 0 Å². The number of ether oxygens (including phenoxy) is 1. The quantitative estimate of drug-likeness (QED) is 0.755. The molecule has 0 saturated carbocycles. The van der Waals surface area contributed by atoms with Gasteiger partial charge in [-0.15, -0.1) is 5.10 Å². The first-order valence-corrected chi connectivity index (χ1v) is 7.45. The first kappa shape index (κ1) is 13.4. The second-order valence-electron chi connectivity index (χ2n) is 5.65. The number of carbonyl (C=O) groups is 1. The minimum Gasteiger partial charge on any atom is -0.368 e. The van der Waals surface area contributed by atoms with Gasteiger partial charge in [-0.25, -0.2) is 4.68 Å². The molecule has 0 bridgehead atoms. The summed E-state index contributed by atoms with van der Waals surface area (Å²) in [4.78, 5) is 15.5. The highest BCUT2D eigenvalue weighted by atomic mass is 16.5. The predicted molar refractivity (Wildman–Crippen MR) is 73.7 cm³/mol. The molecule has 0 aliphatic carbocycles. The normalized spacial score (nSPS) is 22.0. The number of hydrogen-bond acceptors (Lipinski definition) is 6. The number of amides is 1. The smallest absolute Gasteiger partial charge is 0.251 e. The molecule has 2 aromatic rings. The van der Waals surface area contributed by atoms with Gasteiger partial charge in [0.05, 0.1) is 24.6 Å². The van der Waals surface area contributed by atoms with Gasteiger partial charge in [-0.2, -0.15) is 15.0 Å². The Bertz CT molecular complexity index is 641. The van der Waals surface area contributed by atoms with E-state index in [0.29, 0.717) is 26.2 Å². The van der Waals surface area contributed by atoms with Crippen LogP contribution in [0.15, 0.2) is 18.6 Å².